The molecule has 0 aromatic carbocycles. The zero-order chi connectivity index (χ0) is 5.70. The number of hydrogen-bond donors (Lipinski definition) is 3. The molecular formula is C4H13ClN2O. The van der Waals surface area contributed by atoms with E-state index in [4.69, 9.17) is 16.6 Å². The van der Waals surface area contributed by atoms with Gasteiger partial charge in [-0.3, -0.25) is 0 Å². The zero-order valence-corrected chi connectivity index (χ0v) is 5.53. The van der Waals surface area contributed by atoms with Gasteiger partial charge in [-0.05, 0) is 13.0 Å². The summed E-state index contributed by atoms with van der Waals surface area (Å²) in [6.07, 6.45) is 0.209. The third-order valence-electron chi connectivity index (χ3n) is 0.772. The van der Waals surface area contributed by atoms with Gasteiger partial charge in [0.1, 0.15) is 0 Å². The Hall–Kier alpha value is 0.170. The number of rotatable bonds is 3. The van der Waals surface area contributed by atoms with Crippen molar-refractivity contribution in [1.82, 2.24) is 0 Å². The molecule has 0 aromatic heterocycles. The Kier molecular flexibility index (Phi) is 9.89. The predicted molar refractivity (Wildman–Crippen MR) is 36.0 cm³/mol. The second-order valence-electron chi connectivity index (χ2n) is 1.47. The summed E-state index contributed by atoms with van der Waals surface area (Å²) in [5, 5.41) is 8.65. The van der Waals surface area contributed by atoms with E-state index in [2.05, 4.69) is 0 Å². The summed E-state index contributed by atoms with van der Waals surface area (Å²) in [6, 6.07) is 0. The molecule has 3 nitrogen and oxygen atoms in total. The first kappa shape index (κ1) is 11.0. The van der Waals surface area contributed by atoms with Crippen molar-refractivity contribution >= 4 is 12.4 Å². The maximum absolute atomic E-state index is 8.65. The fourth-order valence-electron chi connectivity index (χ4n) is 0.310. The Morgan fingerprint density at radius 2 is 1.88 bits per heavy atom. The van der Waals surface area contributed by atoms with Gasteiger partial charge in [-0.1, -0.05) is 0 Å². The van der Waals surface area contributed by atoms with E-state index in [9.17, 15) is 0 Å². The highest BCUT2D eigenvalue weighted by Crippen LogP contribution is 1.81. The maximum atomic E-state index is 8.65. The fraction of sp³-hybridized carbons (Fsp3) is 1.00. The van der Waals surface area contributed by atoms with Gasteiger partial charge in [0, 0.05) is 6.54 Å². The molecule has 0 aliphatic heterocycles. The molecule has 0 bridgehead atoms. The van der Waals surface area contributed by atoms with Crippen molar-refractivity contribution in [3.05, 3.63) is 0 Å². The molecule has 8 heavy (non-hydrogen) atoms. The lowest BCUT2D eigenvalue weighted by Crippen LogP contribution is -2.22. The van der Waals surface area contributed by atoms with E-state index in [1.165, 1.54) is 0 Å². The van der Waals surface area contributed by atoms with Crippen molar-refractivity contribution in [2.75, 3.05) is 13.1 Å². The standard InChI is InChI=1S/C4H12N2O.ClH/c5-2-1-4(7)3-6;/h4,7H,1-3,5-6H2;1H/t4-;/m0./s1. The molecule has 0 radical (unpaired) electrons. The lowest BCUT2D eigenvalue weighted by atomic mass is 10.3. The van der Waals surface area contributed by atoms with Crippen LogP contribution in [0.15, 0.2) is 0 Å². The summed E-state index contributed by atoms with van der Waals surface area (Å²) >= 11 is 0. The molecule has 0 spiro atoms. The van der Waals surface area contributed by atoms with Crippen molar-refractivity contribution in [1.29, 1.82) is 0 Å². The Morgan fingerprint density at radius 3 is 2.00 bits per heavy atom. The zero-order valence-electron chi connectivity index (χ0n) is 4.71. The summed E-state index contributed by atoms with van der Waals surface area (Å²) in [4.78, 5) is 0. The Bertz CT molecular complexity index is 45.0. The molecular weight excluding hydrogens is 128 g/mol. The number of halogens is 1. The number of aliphatic hydroxyl groups excluding tert-OH is 1. The van der Waals surface area contributed by atoms with E-state index >= 15 is 0 Å². The smallest absolute Gasteiger partial charge is 0.0674 e. The van der Waals surface area contributed by atoms with Crippen LogP contribution in [0.25, 0.3) is 0 Å². The summed E-state index contributed by atoms with van der Waals surface area (Å²) < 4.78 is 0. The van der Waals surface area contributed by atoms with Crippen LogP contribution in [0, 0.1) is 0 Å². The molecule has 5 N–H and O–H groups in total. The van der Waals surface area contributed by atoms with E-state index < -0.39 is 6.10 Å². The number of nitrogens with two attached hydrogens (primary N) is 2. The van der Waals surface area contributed by atoms with Crippen molar-refractivity contribution in [2.24, 2.45) is 11.5 Å². The molecule has 0 aromatic rings. The predicted octanol–water partition coefficient (Wildman–Crippen LogP) is -0.923. The van der Waals surface area contributed by atoms with E-state index in [-0.39, 0.29) is 12.4 Å². The van der Waals surface area contributed by atoms with E-state index in [1.807, 2.05) is 0 Å². The molecule has 0 fully saturated rings. The summed E-state index contributed by atoms with van der Waals surface area (Å²) in [7, 11) is 0. The van der Waals surface area contributed by atoms with Crippen LogP contribution >= 0.6 is 12.4 Å². The summed E-state index contributed by atoms with van der Waals surface area (Å²) in [6.45, 7) is 0.829. The van der Waals surface area contributed by atoms with Gasteiger partial charge >= 0.3 is 0 Å². The first-order valence-electron chi connectivity index (χ1n) is 2.39. The molecule has 4 heteroatoms. The van der Waals surface area contributed by atoms with Gasteiger partial charge in [0.15, 0.2) is 0 Å². The second kappa shape index (κ2) is 7.17. The fourth-order valence-corrected chi connectivity index (χ4v) is 0.310. The Morgan fingerprint density at radius 1 is 1.38 bits per heavy atom. The first-order valence-corrected chi connectivity index (χ1v) is 2.39. The molecule has 0 rings (SSSR count). The minimum absolute atomic E-state index is 0. The SMILES string of the molecule is Cl.NCC[C@H](O)CN. The maximum Gasteiger partial charge on any atom is 0.0674 e. The quantitative estimate of drug-likeness (QED) is 0.475. The minimum atomic E-state index is -0.398. The first-order chi connectivity index (χ1) is 3.31. The normalized spacial score (nSPS) is 12.4. The van der Waals surface area contributed by atoms with Crippen LogP contribution in [0.2, 0.25) is 0 Å². The lowest BCUT2D eigenvalue weighted by Gasteiger charge is -2.01. The Balaban J connectivity index is 0. The summed E-state index contributed by atoms with van der Waals surface area (Å²) in [5.74, 6) is 0. The highest BCUT2D eigenvalue weighted by Gasteiger charge is 1.95. The number of hydrogen-bond acceptors (Lipinski definition) is 3. The topological polar surface area (TPSA) is 72.3 Å². The second-order valence-corrected chi connectivity index (χ2v) is 1.47. The monoisotopic (exact) mass is 140 g/mol. The molecule has 0 unspecified atom stereocenters. The largest absolute Gasteiger partial charge is 0.392 e. The van der Waals surface area contributed by atoms with Crippen LogP contribution in [-0.4, -0.2) is 24.3 Å². The highest BCUT2D eigenvalue weighted by atomic mass is 35.5. The van der Waals surface area contributed by atoms with Gasteiger partial charge in [0.05, 0.1) is 6.10 Å². The average molecular weight is 141 g/mol. The van der Waals surface area contributed by atoms with Gasteiger partial charge < -0.3 is 16.6 Å². The van der Waals surface area contributed by atoms with Gasteiger partial charge in [-0.15, -0.1) is 12.4 Å². The molecule has 0 heterocycles. The van der Waals surface area contributed by atoms with E-state index in [0.717, 1.165) is 0 Å². The molecule has 52 valence electrons. The lowest BCUT2D eigenvalue weighted by molar-refractivity contribution is 0.175. The van der Waals surface area contributed by atoms with Gasteiger partial charge in [-0.2, -0.15) is 0 Å². The molecule has 1 atom stereocenters. The molecule has 0 saturated heterocycles. The third-order valence-corrected chi connectivity index (χ3v) is 0.772. The molecule has 0 saturated carbocycles. The van der Waals surface area contributed by atoms with E-state index in [1.54, 1.807) is 0 Å². The van der Waals surface area contributed by atoms with Crippen LogP contribution in [-0.2, 0) is 0 Å². The van der Waals surface area contributed by atoms with Crippen molar-refractivity contribution < 1.29 is 5.11 Å². The van der Waals surface area contributed by atoms with Crippen molar-refractivity contribution in [3.63, 3.8) is 0 Å². The average Bonchev–Trinajstić information content (AvgIpc) is 1.68. The molecule has 0 aliphatic rings. The van der Waals surface area contributed by atoms with Crippen LogP contribution in [0.5, 0.6) is 0 Å². The molecule has 0 amide bonds. The van der Waals surface area contributed by atoms with Crippen LogP contribution in [0.4, 0.5) is 0 Å². The minimum Gasteiger partial charge on any atom is -0.392 e. The van der Waals surface area contributed by atoms with Crippen molar-refractivity contribution in [3.8, 4) is 0 Å². The highest BCUT2D eigenvalue weighted by molar-refractivity contribution is 5.85. The summed E-state index contributed by atoms with van der Waals surface area (Å²) in [5.41, 5.74) is 10.1. The Labute approximate surface area is 55.5 Å². The van der Waals surface area contributed by atoms with Crippen LogP contribution < -0.4 is 11.5 Å². The van der Waals surface area contributed by atoms with Gasteiger partial charge in [-0.25, -0.2) is 0 Å². The van der Waals surface area contributed by atoms with Gasteiger partial charge in [0.25, 0.3) is 0 Å². The third kappa shape index (κ3) is 6.17. The van der Waals surface area contributed by atoms with Crippen LogP contribution in [0.3, 0.4) is 0 Å². The van der Waals surface area contributed by atoms with E-state index in [0.29, 0.717) is 19.5 Å². The van der Waals surface area contributed by atoms with Crippen LogP contribution in [0.1, 0.15) is 6.42 Å². The van der Waals surface area contributed by atoms with Gasteiger partial charge in [0.2, 0.25) is 0 Å². The molecule has 0 aliphatic carbocycles. The van der Waals surface area contributed by atoms with Crippen molar-refractivity contribution in [2.45, 2.75) is 12.5 Å². The number of aliphatic hydroxyl groups is 1.